The van der Waals surface area contributed by atoms with E-state index in [0.29, 0.717) is 24.7 Å². The molecule has 2 aromatic carbocycles. The van der Waals surface area contributed by atoms with Crippen LogP contribution in [0.25, 0.3) is 0 Å². The molecular weight excluding hydrogens is 342 g/mol. The van der Waals surface area contributed by atoms with Gasteiger partial charge in [0, 0.05) is 7.05 Å². The molecule has 140 valence electrons. The van der Waals surface area contributed by atoms with Crippen LogP contribution in [-0.2, 0) is 6.61 Å². The number of amides is 1. The minimum atomic E-state index is -0.186. The molecule has 0 radical (unpaired) electrons. The molecule has 0 saturated carbocycles. The lowest BCUT2D eigenvalue weighted by Crippen LogP contribution is -2.30. The number of ether oxygens (including phenoxy) is 2. The molecule has 1 aromatic heterocycles. The molecule has 0 unspecified atom stereocenters. The molecule has 0 spiro atoms. The van der Waals surface area contributed by atoms with Crippen molar-refractivity contribution in [3.63, 3.8) is 0 Å². The summed E-state index contributed by atoms with van der Waals surface area (Å²) in [5.41, 5.74) is 1.07. The normalized spacial score (nSPS) is 10.4. The molecule has 3 rings (SSSR count). The molecule has 1 heterocycles. The van der Waals surface area contributed by atoms with Gasteiger partial charge in [0.1, 0.15) is 30.5 Å². The summed E-state index contributed by atoms with van der Waals surface area (Å²) in [7, 11) is 1.73. The lowest BCUT2D eigenvalue weighted by Gasteiger charge is -2.16. The minimum absolute atomic E-state index is 0.186. The second-order valence-electron chi connectivity index (χ2n) is 6.21. The van der Waals surface area contributed by atoms with Crippen molar-refractivity contribution in [3.05, 3.63) is 83.8 Å². The summed E-state index contributed by atoms with van der Waals surface area (Å²) in [5, 5.41) is 0. The molecular formula is C22H23NO4. The van der Waals surface area contributed by atoms with Gasteiger partial charge in [0.05, 0.1) is 6.54 Å². The number of para-hydroxylation sites is 2. The van der Waals surface area contributed by atoms with E-state index >= 15 is 0 Å². The van der Waals surface area contributed by atoms with Crippen molar-refractivity contribution < 1.29 is 18.7 Å². The maximum absolute atomic E-state index is 12.5. The van der Waals surface area contributed by atoms with Crippen LogP contribution in [0.1, 0.15) is 21.9 Å². The van der Waals surface area contributed by atoms with E-state index in [9.17, 15) is 4.79 Å². The lowest BCUT2D eigenvalue weighted by atomic mass is 10.2. The molecule has 5 nitrogen and oxygen atoms in total. The van der Waals surface area contributed by atoms with Gasteiger partial charge in [0.2, 0.25) is 0 Å². The van der Waals surface area contributed by atoms with E-state index < -0.39 is 0 Å². The standard InChI is InChI=1S/C22H23NO4/c1-17-8-6-7-11-20(17)25-15-14-23(2)22(24)21-13-12-19(27-21)16-26-18-9-4-3-5-10-18/h3-13H,14-16H2,1-2H3. The third-order valence-electron chi connectivity index (χ3n) is 4.12. The fraction of sp³-hybridized carbons (Fsp3) is 0.227. The lowest BCUT2D eigenvalue weighted by molar-refractivity contribution is 0.0738. The van der Waals surface area contributed by atoms with Crippen molar-refractivity contribution in [2.75, 3.05) is 20.2 Å². The van der Waals surface area contributed by atoms with Crippen LogP contribution in [-0.4, -0.2) is 31.0 Å². The molecule has 3 aromatic rings. The summed E-state index contributed by atoms with van der Waals surface area (Å²) in [6, 6.07) is 20.7. The monoisotopic (exact) mass is 365 g/mol. The quantitative estimate of drug-likeness (QED) is 0.597. The van der Waals surface area contributed by atoms with Gasteiger partial charge >= 0.3 is 0 Å². The zero-order valence-corrected chi connectivity index (χ0v) is 15.6. The van der Waals surface area contributed by atoms with Crippen LogP contribution in [0.15, 0.2) is 71.1 Å². The number of likely N-dealkylation sites (N-methyl/N-ethyl adjacent to an activating group) is 1. The predicted molar refractivity (Wildman–Crippen MR) is 103 cm³/mol. The Morgan fingerprint density at radius 1 is 0.963 bits per heavy atom. The number of aryl methyl sites for hydroxylation is 1. The van der Waals surface area contributed by atoms with Crippen molar-refractivity contribution in [2.24, 2.45) is 0 Å². The van der Waals surface area contributed by atoms with Gasteiger partial charge in [-0.25, -0.2) is 0 Å². The van der Waals surface area contributed by atoms with Crippen LogP contribution in [0.2, 0.25) is 0 Å². The van der Waals surface area contributed by atoms with E-state index in [1.807, 2.05) is 61.5 Å². The number of nitrogens with zero attached hydrogens (tertiary/aromatic N) is 1. The fourth-order valence-corrected chi connectivity index (χ4v) is 2.54. The molecule has 27 heavy (non-hydrogen) atoms. The van der Waals surface area contributed by atoms with Gasteiger partial charge < -0.3 is 18.8 Å². The van der Waals surface area contributed by atoms with Crippen LogP contribution >= 0.6 is 0 Å². The third-order valence-corrected chi connectivity index (χ3v) is 4.12. The summed E-state index contributed by atoms with van der Waals surface area (Å²) in [5.74, 6) is 2.30. The average Bonchev–Trinajstić information content (AvgIpc) is 3.17. The average molecular weight is 365 g/mol. The Balaban J connectivity index is 1.48. The molecule has 0 aliphatic rings. The maximum atomic E-state index is 12.5. The highest BCUT2D eigenvalue weighted by Crippen LogP contribution is 2.17. The van der Waals surface area contributed by atoms with Crippen molar-refractivity contribution in [2.45, 2.75) is 13.5 Å². The molecule has 0 aliphatic heterocycles. The Labute approximate surface area is 159 Å². The van der Waals surface area contributed by atoms with Crippen molar-refractivity contribution >= 4 is 5.91 Å². The second kappa shape index (κ2) is 8.94. The zero-order valence-electron chi connectivity index (χ0n) is 15.6. The summed E-state index contributed by atoms with van der Waals surface area (Å²) in [6.45, 7) is 3.14. The van der Waals surface area contributed by atoms with Crippen molar-refractivity contribution in [1.82, 2.24) is 4.90 Å². The number of benzene rings is 2. The van der Waals surface area contributed by atoms with E-state index in [-0.39, 0.29) is 12.5 Å². The summed E-state index contributed by atoms with van der Waals surface area (Å²) in [6.07, 6.45) is 0. The Bertz CT molecular complexity index is 873. The highest BCUT2D eigenvalue weighted by Gasteiger charge is 2.16. The van der Waals surface area contributed by atoms with Crippen LogP contribution in [0, 0.1) is 6.92 Å². The number of hydrogen-bond donors (Lipinski definition) is 0. The fourth-order valence-electron chi connectivity index (χ4n) is 2.54. The first kappa shape index (κ1) is 18.6. The van der Waals surface area contributed by atoms with E-state index in [1.165, 1.54) is 0 Å². The van der Waals surface area contributed by atoms with Crippen LogP contribution in [0.5, 0.6) is 11.5 Å². The van der Waals surface area contributed by atoms with Crippen LogP contribution in [0.3, 0.4) is 0 Å². The van der Waals surface area contributed by atoms with Crippen molar-refractivity contribution in [3.8, 4) is 11.5 Å². The number of rotatable bonds is 8. The topological polar surface area (TPSA) is 51.9 Å². The summed E-state index contributed by atoms with van der Waals surface area (Å²) < 4.78 is 17.0. The first-order chi connectivity index (χ1) is 13.1. The van der Waals surface area contributed by atoms with E-state index in [2.05, 4.69) is 0 Å². The first-order valence-electron chi connectivity index (χ1n) is 8.84. The highest BCUT2D eigenvalue weighted by molar-refractivity contribution is 5.91. The maximum Gasteiger partial charge on any atom is 0.289 e. The minimum Gasteiger partial charge on any atom is -0.491 e. The zero-order chi connectivity index (χ0) is 19.1. The molecule has 0 atom stereocenters. The van der Waals surface area contributed by atoms with Crippen LogP contribution in [0.4, 0.5) is 0 Å². The Kier molecular flexibility index (Phi) is 6.15. The largest absolute Gasteiger partial charge is 0.491 e. The van der Waals surface area contributed by atoms with E-state index in [0.717, 1.165) is 17.1 Å². The summed E-state index contributed by atoms with van der Waals surface area (Å²) >= 11 is 0. The molecule has 0 N–H and O–H groups in total. The van der Waals surface area contributed by atoms with Gasteiger partial charge in [-0.1, -0.05) is 36.4 Å². The van der Waals surface area contributed by atoms with Crippen molar-refractivity contribution in [1.29, 1.82) is 0 Å². The second-order valence-corrected chi connectivity index (χ2v) is 6.21. The number of carbonyl (C=O) groups excluding carboxylic acids is 1. The Morgan fingerprint density at radius 3 is 2.48 bits per heavy atom. The third kappa shape index (κ3) is 5.14. The molecule has 0 bridgehead atoms. The Hall–Kier alpha value is -3.21. The molecule has 0 saturated heterocycles. The molecule has 0 fully saturated rings. The van der Waals surface area contributed by atoms with Crippen LogP contribution < -0.4 is 9.47 Å². The SMILES string of the molecule is Cc1ccccc1OCCN(C)C(=O)c1ccc(COc2ccccc2)o1. The van der Waals surface area contributed by atoms with E-state index in [4.69, 9.17) is 13.9 Å². The smallest absolute Gasteiger partial charge is 0.289 e. The number of furan rings is 1. The molecule has 5 heteroatoms. The number of carbonyl (C=O) groups is 1. The molecule has 0 aliphatic carbocycles. The Morgan fingerprint density at radius 2 is 1.70 bits per heavy atom. The van der Waals surface area contributed by atoms with Gasteiger partial charge in [-0.3, -0.25) is 4.79 Å². The van der Waals surface area contributed by atoms with Gasteiger partial charge in [-0.05, 0) is 42.8 Å². The first-order valence-corrected chi connectivity index (χ1v) is 8.84. The molecule has 1 amide bonds. The number of hydrogen-bond acceptors (Lipinski definition) is 4. The van der Waals surface area contributed by atoms with Gasteiger partial charge in [-0.2, -0.15) is 0 Å². The van der Waals surface area contributed by atoms with Gasteiger partial charge in [0.25, 0.3) is 5.91 Å². The predicted octanol–water partition coefficient (Wildman–Crippen LogP) is 4.32. The van der Waals surface area contributed by atoms with E-state index in [1.54, 1.807) is 24.1 Å². The van der Waals surface area contributed by atoms with Gasteiger partial charge in [0.15, 0.2) is 5.76 Å². The van der Waals surface area contributed by atoms with Gasteiger partial charge in [-0.15, -0.1) is 0 Å². The summed E-state index contributed by atoms with van der Waals surface area (Å²) in [4.78, 5) is 14.1. The highest BCUT2D eigenvalue weighted by atomic mass is 16.5.